The second kappa shape index (κ2) is 8.75. The highest BCUT2D eigenvalue weighted by Gasteiger charge is 2.54. The smallest absolute Gasteiger partial charge is 0.188 e. The van der Waals surface area contributed by atoms with Gasteiger partial charge in [-0.15, -0.1) is 0 Å². The number of methoxy groups -OCH3 is 1. The molecule has 0 aliphatic carbocycles. The van der Waals surface area contributed by atoms with Crippen molar-refractivity contribution in [2.24, 2.45) is 0 Å². The minimum atomic E-state index is -1.26. The monoisotopic (exact) mass is 358 g/mol. The Kier molecular flexibility index (Phi) is 6.40. The van der Waals surface area contributed by atoms with Crippen molar-refractivity contribution in [3.63, 3.8) is 0 Å². The first-order valence-corrected chi connectivity index (χ1v) is 8.79. The second-order valence-corrected chi connectivity index (χ2v) is 6.69. The van der Waals surface area contributed by atoms with Crippen molar-refractivity contribution in [3.05, 3.63) is 71.8 Å². The molecule has 0 radical (unpaired) electrons. The van der Waals surface area contributed by atoms with E-state index in [0.717, 1.165) is 11.1 Å². The Hall–Kier alpha value is -1.76. The first-order chi connectivity index (χ1) is 12.6. The van der Waals surface area contributed by atoms with Crippen LogP contribution in [0.1, 0.15) is 18.1 Å². The summed E-state index contributed by atoms with van der Waals surface area (Å²) in [4.78, 5) is 0. The highest BCUT2D eigenvalue weighted by molar-refractivity contribution is 5.14. The fourth-order valence-corrected chi connectivity index (χ4v) is 3.20. The molecule has 26 heavy (non-hydrogen) atoms. The number of hydrogen-bond donors (Lipinski definition) is 1. The minimum Gasteiger partial charge on any atom is -0.382 e. The van der Waals surface area contributed by atoms with Crippen LogP contribution in [0.3, 0.4) is 0 Å². The molecule has 1 aliphatic heterocycles. The van der Waals surface area contributed by atoms with E-state index in [4.69, 9.17) is 18.9 Å². The molecule has 4 atom stereocenters. The molecule has 140 valence electrons. The highest BCUT2D eigenvalue weighted by atomic mass is 16.7. The Morgan fingerprint density at radius 3 is 2.12 bits per heavy atom. The molecule has 1 fully saturated rings. The molecule has 0 spiro atoms. The molecule has 0 saturated carbocycles. The first-order valence-electron chi connectivity index (χ1n) is 8.79. The lowest BCUT2D eigenvalue weighted by Gasteiger charge is -2.29. The van der Waals surface area contributed by atoms with Gasteiger partial charge in [-0.25, -0.2) is 0 Å². The third kappa shape index (κ3) is 4.50. The van der Waals surface area contributed by atoms with E-state index in [1.807, 2.05) is 60.7 Å². The third-order valence-corrected chi connectivity index (χ3v) is 4.57. The van der Waals surface area contributed by atoms with Gasteiger partial charge in [-0.1, -0.05) is 60.7 Å². The molecule has 3 rings (SSSR count). The van der Waals surface area contributed by atoms with Crippen LogP contribution in [0.4, 0.5) is 0 Å². The molecule has 0 amide bonds. The average molecular weight is 358 g/mol. The van der Waals surface area contributed by atoms with Crippen LogP contribution in [0.25, 0.3) is 0 Å². The predicted molar refractivity (Wildman–Crippen MR) is 97.4 cm³/mol. The molecule has 1 saturated heterocycles. The largest absolute Gasteiger partial charge is 0.382 e. The number of hydrogen-bond acceptors (Lipinski definition) is 5. The minimum absolute atomic E-state index is 0.310. The molecule has 0 bridgehead atoms. The molecule has 5 heteroatoms. The molecular formula is C21H26O5. The Balaban J connectivity index is 1.61. The summed E-state index contributed by atoms with van der Waals surface area (Å²) in [5.74, 6) is 0. The fourth-order valence-electron chi connectivity index (χ4n) is 3.20. The Bertz CT molecular complexity index is 659. The van der Waals surface area contributed by atoms with E-state index in [-0.39, 0.29) is 0 Å². The van der Waals surface area contributed by atoms with Crippen molar-refractivity contribution in [1.29, 1.82) is 0 Å². The maximum absolute atomic E-state index is 10.8. The molecule has 2 aromatic rings. The Labute approximate surface area is 154 Å². The standard InChI is InChI=1S/C21H26O5/c1-21(22)19(25-14-17-11-7-4-8-12-17)18(26-20(21)23-2)15-24-13-16-9-5-3-6-10-16/h3-12,18-20,22H,13-15H2,1-2H3/t18-,19-,20+,21?/m1/s1. The van der Waals surface area contributed by atoms with Gasteiger partial charge in [0.15, 0.2) is 6.29 Å². The van der Waals surface area contributed by atoms with Crippen LogP contribution in [-0.4, -0.2) is 42.9 Å². The van der Waals surface area contributed by atoms with Crippen molar-refractivity contribution in [2.45, 2.75) is 44.2 Å². The molecule has 0 aromatic heterocycles. The number of benzene rings is 2. The Morgan fingerprint density at radius 2 is 1.54 bits per heavy atom. The summed E-state index contributed by atoms with van der Waals surface area (Å²) in [6.45, 7) is 2.85. The van der Waals surface area contributed by atoms with Gasteiger partial charge in [0.05, 0.1) is 19.8 Å². The van der Waals surface area contributed by atoms with Gasteiger partial charge in [0.2, 0.25) is 0 Å². The molecule has 1 N–H and O–H groups in total. The van der Waals surface area contributed by atoms with Gasteiger partial charge in [-0.05, 0) is 18.1 Å². The predicted octanol–water partition coefficient (Wildman–Crippen LogP) is 2.91. The van der Waals surface area contributed by atoms with Gasteiger partial charge in [-0.2, -0.15) is 0 Å². The summed E-state index contributed by atoms with van der Waals surface area (Å²) in [6.07, 6.45) is -1.72. The zero-order valence-corrected chi connectivity index (χ0v) is 15.2. The number of ether oxygens (including phenoxy) is 4. The maximum atomic E-state index is 10.8. The van der Waals surface area contributed by atoms with Crippen LogP contribution < -0.4 is 0 Å². The highest BCUT2D eigenvalue weighted by Crippen LogP contribution is 2.34. The van der Waals surface area contributed by atoms with E-state index in [2.05, 4.69) is 0 Å². The Morgan fingerprint density at radius 1 is 0.962 bits per heavy atom. The van der Waals surface area contributed by atoms with Crippen LogP contribution in [0.2, 0.25) is 0 Å². The van der Waals surface area contributed by atoms with Crippen LogP contribution in [0.15, 0.2) is 60.7 Å². The topological polar surface area (TPSA) is 57.2 Å². The third-order valence-electron chi connectivity index (χ3n) is 4.57. The van der Waals surface area contributed by atoms with Gasteiger partial charge in [0, 0.05) is 7.11 Å². The molecule has 1 unspecified atom stereocenters. The van der Waals surface area contributed by atoms with E-state index in [9.17, 15) is 5.11 Å². The summed E-state index contributed by atoms with van der Waals surface area (Å²) in [5.41, 5.74) is 0.861. The van der Waals surface area contributed by atoms with Crippen molar-refractivity contribution in [3.8, 4) is 0 Å². The summed E-state index contributed by atoms with van der Waals surface area (Å²) in [5, 5.41) is 10.8. The van der Waals surface area contributed by atoms with E-state index in [0.29, 0.717) is 19.8 Å². The number of rotatable bonds is 8. The maximum Gasteiger partial charge on any atom is 0.188 e. The fraction of sp³-hybridized carbons (Fsp3) is 0.429. The van der Waals surface area contributed by atoms with E-state index >= 15 is 0 Å². The molecular weight excluding hydrogens is 332 g/mol. The average Bonchev–Trinajstić information content (AvgIpc) is 2.91. The number of aliphatic hydroxyl groups is 1. The van der Waals surface area contributed by atoms with E-state index < -0.39 is 24.1 Å². The summed E-state index contributed by atoms with van der Waals surface area (Å²) in [7, 11) is 1.51. The van der Waals surface area contributed by atoms with Gasteiger partial charge in [0.25, 0.3) is 0 Å². The van der Waals surface area contributed by atoms with Crippen molar-refractivity contribution in [2.75, 3.05) is 13.7 Å². The SMILES string of the molecule is CO[C@H]1O[C@H](COCc2ccccc2)[C@@H](OCc2ccccc2)C1(C)O. The first kappa shape index (κ1) is 19.0. The van der Waals surface area contributed by atoms with Crippen LogP contribution in [0, 0.1) is 0 Å². The second-order valence-electron chi connectivity index (χ2n) is 6.69. The van der Waals surface area contributed by atoms with E-state index in [1.54, 1.807) is 6.92 Å². The van der Waals surface area contributed by atoms with Gasteiger partial charge in [0.1, 0.15) is 17.8 Å². The van der Waals surface area contributed by atoms with Gasteiger partial charge >= 0.3 is 0 Å². The summed E-state index contributed by atoms with van der Waals surface area (Å²) >= 11 is 0. The van der Waals surface area contributed by atoms with Crippen molar-refractivity contribution in [1.82, 2.24) is 0 Å². The lowest BCUT2D eigenvalue weighted by atomic mass is 9.97. The normalized spacial score (nSPS) is 28.3. The molecule has 1 aliphatic rings. The lowest BCUT2D eigenvalue weighted by molar-refractivity contribution is -0.190. The molecule has 1 heterocycles. The molecule has 2 aromatic carbocycles. The lowest BCUT2D eigenvalue weighted by Crippen LogP contribution is -2.48. The van der Waals surface area contributed by atoms with Gasteiger partial charge in [-0.3, -0.25) is 0 Å². The summed E-state index contributed by atoms with van der Waals surface area (Å²) < 4.78 is 23.0. The van der Waals surface area contributed by atoms with Crippen LogP contribution >= 0.6 is 0 Å². The zero-order valence-electron chi connectivity index (χ0n) is 15.2. The zero-order chi connectivity index (χ0) is 18.4. The summed E-state index contributed by atoms with van der Waals surface area (Å²) in [6, 6.07) is 19.8. The van der Waals surface area contributed by atoms with Crippen molar-refractivity contribution >= 4 is 0 Å². The van der Waals surface area contributed by atoms with Crippen molar-refractivity contribution < 1.29 is 24.1 Å². The van der Waals surface area contributed by atoms with Crippen LogP contribution in [-0.2, 0) is 32.2 Å². The quantitative estimate of drug-likeness (QED) is 0.786. The van der Waals surface area contributed by atoms with Gasteiger partial charge < -0.3 is 24.1 Å². The van der Waals surface area contributed by atoms with Crippen LogP contribution in [0.5, 0.6) is 0 Å². The molecule has 5 nitrogen and oxygen atoms in total. The van der Waals surface area contributed by atoms with E-state index in [1.165, 1.54) is 7.11 Å².